The molecule has 2 N–H and O–H groups in total. The molecule has 3 rings (SSSR count). The Morgan fingerprint density at radius 2 is 1.85 bits per heavy atom. The van der Waals surface area contributed by atoms with Gasteiger partial charge in [-0.3, -0.25) is 9.89 Å². The van der Waals surface area contributed by atoms with Crippen molar-refractivity contribution in [3.8, 4) is 11.3 Å². The van der Waals surface area contributed by atoms with Gasteiger partial charge in [0.25, 0.3) is 5.91 Å². The van der Waals surface area contributed by atoms with Gasteiger partial charge < -0.3 is 5.32 Å². The SMILES string of the molecule is Cc1[nH]nc(-c2cccc(C(F)(F)F)c2)c1NC(=O)c1ccccc1F. The zero-order valence-electron chi connectivity index (χ0n) is 13.5. The molecule has 0 radical (unpaired) electrons. The third kappa shape index (κ3) is 3.44. The molecule has 0 saturated heterocycles. The lowest BCUT2D eigenvalue weighted by Gasteiger charge is -2.10. The maximum absolute atomic E-state index is 13.8. The predicted octanol–water partition coefficient (Wildman–Crippen LogP) is 4.80. The normalized spacial score (nSPS) is 11.4. The van der Waals surface area contributed by atoms with E-state index in [1.54, 1.807) is 6.92 Å². The minimum atomic E-state index is -4.50. The molecule has 0 bridgehead atoms. The molecule has 0 aliphatic carbocycles. The number of carbonyl (C=O) groups is 1. The van der Waals surface area contributed by atoms with Crippen LogP contribution in [0.5, 0.6) is 0 Å². The molecule has 1 aromatic heterocycles. The van der Waals surface area contributed by atoms with E-state index in [-0.39, 0.29) is 22.5 Å². The fraction of sp³-hybridized carbons (Fsp3) is 0.111. The molecule has 4 nitrogen and oxygen atoms in total. The van der Waals surface area contributed by atoms with Crippen molar-refractivity contribution in [2.75, 3.05) is 5.32 Å². The molecule has 1 heterocycles. The van der Waals surface area contributed by atoms with Crippen molar-refractivity contribution in [3.63, 3.8) is 0 Å². The number of halogens is 4. The molecule has 3 aromatic rings. The molecule has 26 heavy (non-hydrogen) atoms. The second-order valence-corrected chi connectivity index (χ2v) is 5.58. The Balaban J connectivity index is 1.98. The van der Waals surface area contributed by atoms with Crippen molar-refractivity contribution in [2.24, 2.45) is 0 Å². The largest absolute Gasteiger partial charge is 0.416 e. The molecule has 0 saturated carbocycles. The van der Waals surface area contributed by atoms with Crippen LogP contribution in [0.3, 0.4) is 0 Å². The third-order valence-electron chi connectivity index (χ3n) is 3.77. The topological polar surface area (TPSA) is 57.8 Å². The Morgan fingerprint density at radius 1 is 1.12 bits per heavy atom. The van der Waals surface area contributed by atoms with Crippen LogP contribution in [-0.4, -0.2) is 16.1 Å². The fourth-order valence-corrected chi connectivity index (χ4v) is 2.46. The smallest absolute Gasteiger partial charge is 0.318 e. The molecule has 0 unspecified atom stereocenters. The highest BCUT2D eigenvalue weighted by Crippen LogP contribution is 2.34. The van der Waals surface area contributed by atoms with E-state index in [0.717, 1.165) is 18.2 Å². The second kappa shape index (κ2) is 6.62. The molecular formula is C18H13F4N3O. The van der Waals surface area contributed by atoms with Gasteiger partial charge in [0.05, 0.1) is 22.5 Å². The third-order valence-corrected chi connectivity index (χ3v) is 3.77. The average Bonchev–Trinajstić information content (AvgIpc) is 2.95. The zero-order valence-corrected chi connectivity index (χ0v) is 13.5. The number of anilines is 1. The van der Waals surface area contributed by atoms with E-state index >= 15 is 0 Å². The summed E-state index contributed by atoms with van der Waals surface area (Å²) in [5.41, 5.74) is -0.0731. The Morgan fingerprint density at radius 3 is 2.54 bits per heavy atom. The molecule has 2 aromatic carbocycles. The minimum absolute atomic E-state index is 0.137. The highest BCUT2D eigenvalue weighted by molar-refractivity contribution is 6.06. The van der Waals surface area contributed by atoms with E-state index < -0.39 is 23.5 Å². The number of nitrogens with one attached hydrogen (secondary N) is 2. The first-order chi connectivity index (χ1) is 12.3. The molecular weight excluding hydrogens is 350 g/mol. The van der Waals surface area contributed by atoms with E-state index in [2.05, 4.69) is 15.5 Å². The van der Waals surface area contributed by atoms with Crippen molar-refractivity contribution in [3.05, 3.63) is 71.2 Å². The minimum Gasteiger partial charge on any atom is -0.318 e. The maximum atomic E-state index is 13.8. The van der Waals surface area contributed by atoms with Crippen molar-refractivity contribution in [1.82, 2.24) is 10.2 Å². The van der Waals surface area contributed by atoms with E-state index in [9.17, 15) is 22.4 Å². The molecule has 0 fully saturated rings. The molecule has 0 aliphatic rings. The first kappa shape index (κ1) is 17.7. The molecule has 0 spiro atoms. The van der Waals surface area contributed by atoms with Gasteiger partial charge in [0, 0.05) is 5.56 Å². The quantitative estimate of drug-likeness (QED) is 0.657. The molecule has 1 amide bonds. The number of nitrogens with zero attached hydrogens (tertiary/aromatic N) is 1. The van der Waals surface area contributed by atoms with E-state index in [1.807, 2.05) is 0 Å². The summed E-state index contributed by atoms with van der Waals surface area (Å²) in [5, 5.41) is 9.12. The van der Waals surface area contributed by atoms with Crippen molar-refractivity contribution in [2.45, 2.75) is 13.1 Å². The number of aryl methyl sites for hydroxylation is 1. The van der Waals surface area contributed by atoms with E-state index in [0.29, 0.717) is 5.69 Å². The Bertz CT molecular complexity index is 963. The number of aromatic nitrogens is 2. The zero-order chi connectivity index (χ0) is 18.9. The van der Waals surface area contributed by atoms with Crippen LogP contribution in [0.1, 0.15) is 21.6 Å². The standard InChI is InChI=1S/C18H13F4N3O/c1-10-15(23-17(26)13-7-2-3-8-14(13)19)16(25-24-10)11-5-4-6-12(9-11)18(20,21)22/h2-9H,1H3,(H,23,26)(H,24,25). The van der Waals surface area contributed by atoms with E-state index in [1.165, 1.54) is 30.3 Å². The van der Waals surface area contributed by atoms with Crippen LogP contribution in [0, 0.1) is 12.7 Å². The predicted molar refractivity (Wildman–Crippen MR) is 88.1 cm³/mol. The highest BCUT2D eigenvalue weighted by Gasteiger charge is 2.31. The monoisotopic (exact) mass is 363 g/mol. The summed E-state index contributed by atoms with van der Waals surface area (Å²) in [6, 6.07) is 10.00. The van der Waals surface area contributed by atoms with Crippen molar-refractivity contribution in [1.29, 1.82) is 0 Å². The van der Waals surface area contributed by atoms with Crippen LogP contribution in [0.15, 0.2) is 48.5 Å². The van der Waals surface area contributed by atoms with Gasteiger partial charge in [0.2, 0.25) is 0 Å². The van der Waals surface area contributed by atoms with Crippen LogP contribution in [0.4, 0.5) is 23.2 Å². The van der Waals surface area contributed by atoms with Gasteiger partial charge in [-0.1, -0.05) is 24.3 Å². The molecule has 134 valence electrons. The van der Waals surface area contributed by atoms with Gasteiger partial charge in [-0.25, -0.2) is 4.39 Å². The van der Waals surface area contributed by atoms with Crippen LogP contribution in [-0.2, 0) is 6.18 Å². The van der Waals surface area contributed by atoms with Gasteiger partial charge in [0.15, 0.2) is 0 Å². The van der Waals surface area contributed by atoms with Gasteiger partial charge in [0.1, 0.15) is 11.5 Å². The van der Waals surface area contributed by atoms with Crippen LogP contribution >= 0.6 is 0 Å². The first-order valence-corrected chi connectivity index (χ1v) is 7.56. The Hall–Kier alpha value is -3.16. The van der Waals surface area contributed by atoms with Gasteiger partial charge in [-0.2, -0.15) is 18.3 Å². The van der Waals surface area contributed by atoms with Crippen LogP contribution in [0.2, 0.25) is 0 Å². The van der Waals surface area contributed by atoms with Crippen LogP contribution in [0.25, 0.3) is 11.3 Å². The van der Waals surface area contributed by atoms with Crippen molar-refractivity contribution >= 4 is 11.6 Å². The summed E-state index contributed by atoms with van der Waals surface area (Å²) in [6.45, 7) is 1.60. The number of amides is 1. The number of hydrogen-bond acceptors (Lipinski definition) is 2. The number of rotatable bonds is 3. The Kier molecular flexibility index (Phi) is 4.50. The maximum Gasteiger partial charge on any atom is 0.416 e. The van der Waals surface area contributed by atoms with Crippen LogP contribution < -0.4 is 5.32 Å². The number of hydrogen-bond donors (Lipinski definition) is 2. The average molecular weight is 363 g/mol. The highest BCUT2D eigenvalue weighted by atomic mass is 19.4. The lowest BCUT2D eigenvalue weighted by atomic mass is 10.1. The summed E-state index contributed by atoms with van der Waals surface area (Å²) in [5.74, 6) is -1.42. The molecule has 0 aliphatic heterocycles. The van der Waals surface area contributed by atoms with Crippen molar-refractivity contribution < 1.29 is 22.4 Å². The fourth-order valence-electron chi connectivity index (χ4n) is 2.46. The summed E-state index contributed by atoms with van der Waals surface area (Å²) >= 11 is 0. The summed E-state index contributed by atoms with van der Waals surface area (Å²) in [6.07, 6.45) is -4.50. The molecule has 8 heteroatoms. The number of benzene rings is 2. The lowest BCUT2D eigenvalue weighted by Crippen LogP contribution is -2.14. The summed E-state index contributed by atoms with van der Waals surface area (Å²) in [4.78, 5) is 12.3. The second-order valence-electron chi connectivity index (χ2n) is 5.58. The summed E-state index contributed by atoms with van der Waals surface area (Å²) in [7, 11) is 0. The number of H-pyrrole nitrogens is 1. The summed E-state index contributed by atoms with van der Waals surface area (Å²) < 4.78 is 52.5. The first-order valence-electron chi connectivity index (χ1n) is 7.56. The Labute approximate surface area is 145 Å². The number of alkyl halides is 3. The van der Waals surface area contributed by atoms with Gasteiger partial charge in [-0.15, -0.1) is 0 Å². The van der Waals surface area contributed by atoms with Gasteiger partial charge in [-0.05, 0) is 31.2 Å². The number of carbonyl (C=O) groups excluding carboxylic acids is 1. The number of aromatic amines is 1. The van der Waals surface area contributed by atoms with Gasteiger partial charge >= 0.3 is 6.18 Å². The lowest BCUT2D eigenvalue weighted by molar-refractivity contribution is -0.137. The van der Waals surface area contributed by atoms with E-state index in [4.69, 9.17) is 0 Å². The molecule has 0 atom stereocenters.